The van der Waals surface area contributed by atoms with E-state index in [0.29, 0.717) is 0 Å². The van der Waals surface area contributed by atoms with E-state index in [1.807, 2.05) is 0 Å². The van der Waals surface area contributed by atoms with Crippen LogP contribution >= 0.6 is 23.5 Å². The molecule has 12 heterocycles. The zero-order valence-electron chi connectivity index (χ0n) is 44.7. The first-order chi connectivity index (χ1) is 42.2. The fraction of sp³-hybridized carbons (Fsp3) is 0.500. The smallest absolute Gasteiger partial charge is 0.268 e. The molecule has 4 aliphatic heterocycles. The predicted molar refractivity (Wildman–Crippen MR) is 285 cm³/mol. The van der Waals surface area contributed by atoms with E-state index in [0.717, 1.165) is 43.6 Å². The summed E-state index contributed by atoms with van der Waals surface area (Å²) in [6.07, 6.45) is -26.5. The fourth-order valence-corrected chi connectivity index (χ4v) is 13.2. The molecule has 4 aliphatic rings. The van der Waals surface area contributed by atoms with Gasteiger partial charge in [-0.1, -0.05) is 0 Å². The number of aromatic nitrogens is 16. The highest BCUT2D eigenvalue weighted by Gasteiger charge is 2.54. The van der Waals surface area contributed by atoms with Crippen molar-refractivity contribution in [2.75, 3.05) is 72.3 Å². The van der Waals surface area contributed by atoms with Crippen molar-refractivity contribution < 1.29 is 105 Å². The van der Waals surface area contributed by atoms with Gasteiger partial charge in [-0.2, -0.15) is 0 Å². The van der Waals surface area contributed by atoms with Crippen molar-refractivity contribution in [1.82, 2.24) is 78.1 Å². The molecule has 22 N–H and O–H groups in total. The van der Waals surface area contributed by atoms with Crippen LogP contribution in [0.2, 0.25) is 0 Å². The Balaban J connectivity index is 0.768. The lowest BCUT2D eigenvalue weighted by Crippen LogP contribution is -2.39. The molecular formula is C40H50N24O22P3-3. The lowest BCUT2D eigenvalue weighted by atomic mass is 10.1. The minimum absolute atomic E-state index is 0.0171. The molecule has 8 aromatic rings. The third kappa shape index (κ3) is 11.1. The molecule has 12 rings (SSSR count). The second-order valence-electron chi connectivity index (χ2n) is 19.9. The van der Waals surface area contributed by atoms with E-state index in [1.54, 1.807) is 0 Å². The van der Waals surface area contributed by atoms with Crippen LogP contribution in [0.1, 0.15) is 24.9 Å². The Hall–Kier alpha value is -7.47. The number of rotatable bonds is 20. The van der Waals surface area contributed by atoms with Crippen molar-refractivity contribution in [3.05, 3.63) is 25.3 Å². The topological polar surface area (TPSA) is 717 Å². The minimum atomic E-state index is -5.96. The second-order valence-corrected chi connectivity index (χ2v) is 24.0. The lowest BCUT2D eigenvalue weighted by molar-refractivity contribution is -0.238. The molecule has 0 aromatic carbocycles. The monoisotopic (exact) mass is 1310 g/mol. The highest BCUT2D eigenvalue weighted by atomic mass is 31.2. The van der Waals surface area contributed by atoms with Crippen molar-refractivity contribution in [2.45, 2.75) is 98.2 Å². The van der Waals surface area contributed by atoms with Crippen LogP contribution in [-0.4, -0.2) is 208 Å². The quantitative estimate of drug-likeness (QED) is 0.0315. The van der Waals surface area contributed by atoms with Gasteiger partial charge in [0.15, 0.2) is 92.8 Å². The molecule has 0 aliphatic carbocycles. The van der Waals surface area contributed by atoms with E-state index in [1.165, 1.54) is 0 Å². The van der Waals surface area contributed by atoms with Crippen LogP contribution in [0.15, 0.2) is 25.3 Å². The molecule has 480 valence electrons. The number of imidazole rings is 4. The van der Waals surface area contributed by atoms with Gasteiger partial charge in [0.2, 0.25) is 23.8 Å². The van der Waals surface area contributed by atoms with E-state index in [4.69, 9.17) is 92.0 Å². The molecule has 4 saturated heterocycles. The third-order valence-corrected chi connectivity index (χ3v) is 17.4. The van der Waals surface area contributed by atoms with Gasteiger partial charge < -0.3 is 137 Å². The number of nitrogens with two attached hydrogens (primary N) is 8. The summed E-state index contributed by atoms with van der Waals surface area (Å²) in [5, 5.41) is 66.7. The van der Waals surface area contributed by atoms with Crippen molar-refractivity contribution in [3.8, 4) is 0 Å². The SMILES string of the molecule is Nc1ncnc2c1nc(N)n2C1OC(COP(=O)([O-])OC2C(O)C(COP(=O)([O-])OC3C(O)C(COP(=O)([O-])OC4C(O)C(CO)OC4n4c(N)nc5c(N)ncnc54)OC3n3c(N)nc4c(N)ncnc43)OC2n2c(N)nc3c(N)ncnc32)C(O)C1O. The predicted octanol–water partition coefficient (Wildman–Crippen LogP) is -8.00. The standard InChI is InChI=1S/C40H53N24O22P3/c41-25-13-29(53-5-49-25)61(37(45)57-13)33-21(70)17(66)10(81-33)2-77-87(71,72)85-23-19(68)12(83-35(23)63-31-15(59-39(63)47)27(43)51-7-55-31)4-79-89(75,76)86-24-20(69)11(82-36(24)64-32-16(60-40(64)48)28(44)52-8-56-32)3-78-88(73,74)84-22-18(67)9(1-65)80-34(22)62-30-14(58-38(62)46)26(42)50-6-54-30/h5-12,17-24,33-36,65-70H,1-4H2,(H2,45,57)(H2,46,58)(H2,47,59)(H2,48,60)(H,71,72)(H,73,74)(H,75,76)(H2,41,49,53)(H2,42,50,54)(H2,43,51,55)(H2,44,52,56)/p-3. The molecule has 0 bridgehead atoms. The van der Waals surface area contributed by atoms with E-state index < -0.39 is 160 Å². The van der Waals surface area contributed by atoms with Crippen molar-refractivity contribution in [2.24, 2.45) is 0 Å². The summed E-state index contributed by atoms with van der Waals surface area (Å²) in [5.41, 5.74) is 47.6. The van der Waals surface area contributed by atoms with Gasteiger partial charge >= 0.3 is 0 Å². The number of hydrogen-bond acceptors (Lipinski definition) is 42. The molecule has 0 radical (unpaired) electrons. The van der Waals surface area contributed by atoms with Gasteiger partial charge in [-0.05, 0) is 0 Å². The van der Waals surface area contributed by atoms with Crippen LogP contribution in [0.5, 0.6) is 0 Å². The van der Waals surface area contributed by atoms with Gasteiger partial charge in [0.1, 0.15) is 98.6 Å². The largest absolute Gasteiger partial charge is 0.756 e. The molecule has 89 heavy (non-hydrogen) atoms. The molecule has 4 fully saturated rings. The number of nitrogen functional groups attached to an aromatic ring is 8. The molecule has 0 spiro atoms. The summed E-state index contributed by atoms with van der Waals surface area (Å²) in [6.45, 7) is -4.42. The van der Waals surface area contributed by atoms with Gasteiger partial charge in [-0.3, -0.25) is 32.0 Å². The normalized spacial score (nSPS) is 31.1. The Morgan fingerprint density at radius 3 is 0.966 bits per heavy atom. The number of phosphoric ester groups is 3. The molecule has 19 atom stereocenters. The van der Waals surface area contributed by atoms with Gasteiger partial charge in [-0.25, -0.2) is 59.8 Å². The molecule has 0 amide bonds. The van der Waals surface area contributed by atoms with Crippen LogP contribution in [0.4, 0.5) is 47.1 Å². The van der Waals surface area contributed by atoms with Crippen LogP contribution in [-0.2, 0) is 59.8 Å². The first-order valence-corrected chi connectivity index (χ1v) is 30.0. The number of phosphoric acid groups is 3. The Labute approximate surface area is 493 Å². The van der Waals surface area contributed by atoms with Crippen LogP contribution in [0.25, 0.3) is 44.7 Å². The maximum absolute atomic E-state index is 14.1. The highest BCUT2D eigenvalue weighted by Crippen LogP contribution is 2.53. The van der Waals surface area contributed by atoms with Gasteiger partial charge in [0.25, 0.3) is 23.5 Å². The first-order valence-electron chi connectivity index (χ1n) is 25.7. The Morgan fingerprint density at radius 2 is 0.663 bits per heavy atom. The number of nitrogens with zero attached hydrogens (tertiary/aromatic N) is 16. The summed E-state index contributed by atoms with van der Waals surface area (Å²) in [4.78, 5) is 89.5. The summed E-state index contributed by atoms with van der Waals surface area (Å²) in [7, 11) is -17.5. The summed E-state index contributed by atoms with van der Waals surface area (Å²) in [5.74, 6) is -2.32. The summed E-state index contributed by atoms with van der Waals surface area (Å²) in [6, 6.07) is 0. The van der Waals surface area contributed by atoms with E-state index >= 15 is 0 Å². The molecule has 8 aromatic heterocycles. The lowest BCUT2D eigenvalue weighted by Gasteiger charge is -2.32. The zero-order chi connectivity index (χ0) is 63.5. The van der Waals surface area contributed by atoms with Crippen LogP contribution in [0.3, 0.4) is 0 Å². The third-order valence-electron chi connectivity index (χ3n) is 14.5. The Bertz CT molecular complexity index is 4170. The summed E-state index contributed by atoms with van der Waals surface area (Å²) < 4.78 is 100. The average Bonchev–Trinajstić information content (AvgIpc) is 1.82. The molecule has 49 heteroatoms. The van der Waals surface area contributed by atoms with Crippen LogP contribution in [0, 0.1) is 0 Å². The maximum Gasteiger partial charge on any atom is 0.268 e. The Kier molecular flexibility index (Phi) is 16.0. The van der Waals surface area contributed by atoms with E-state index in [9.17, 15) is 59.0 Å². The maximum atomic E-state index is 14.1. The van der Waals surface area contributed by atoms with E-state index in [-0.39, 0.29) is 79.8 Å². The number of ether oxygens (including phenoxy) is 4. The zero-order valence-corrected chi connectivity index (χ0v) is 47.4. The number of anilines is 8. The number of aliphatic hydroxyl groups excluding tert-OH is 6. The summed E-state index contributed by atoms with van der Waals surface area (Å²) >= 11 is 0. The fourth-order valence-electron chi connectivity index (χ4n) is 10.4. The minimum Gasteiger partial charge on any atom is -0.756 e. The first kappa shape index (κ1) is 61.8. The molecule has 46 nitrogen and oxygen atoms in total. The molecular weight excluding hydrogens is 1260 g/mol. The average molecular weight is 1310 g/mol. The molecule has 19 unspecified atom stereocenters. The Morgan fingerprint density at radius 1 is 0.404 bits per heavy atom. The highest BCUT2D eigenvalue weighted by molar-refractivity contribution is 7.46. The van der Waals surface area contributed by atoms with Crippen LogP contribution < -0.4 is 60.5 Å². The van der Waals surface area contributed by atoms with Gasteiger partial charge in [0, 0.05) is 0 Å². The van der Waals surface area contributed by atoms with E-state index in [2.05, 4.69) is 59.8 Å². The molecule has 0 saturated carbocycles. The van der Waals surface area contributed by atoms with Crippen molar-refractivity contribution in [1.29, 1.82) is 0 Å². The number of aliphatic hydroxyl groups is 6. The number of hydrogen-bond donors (Lipinski definition) is 14. The van der Waals surface area contributed by atoms with Gasteiger partial charge in [0.05, 0.1) is 26.4 Å². The van der Waals surface area contributed by atoms with Crippen molar-refractivity contribution >= 4 is 115 Å². The van der Waals surface area contributed by atoms with Crippen molar-refractivity contribution in [3.63, 3.8) is 0 Å². The number of fused-ring (bicyclic) bond motifs is 4. The second kappa shape index (κ2) is 23.1. The van der Waals surface area contributed by atoms with Gasteiger partial charge in [-0.15, -0.1) is 0 Å².